The Labute approximate surface area is 91.0 Å². The first-order chi connectivity index (χ1) is 7.41. The van der Waals surface area contributed by atoms with Crippen molar-refractivity contribution in [2.24, 2.45) is 4.99 Å². The third-order valence-corrected chi connectivity index (χ3v) is 1.61. The maximum absolute atomic E-state index is 13.3. The van der Waals surface area contributed by atoms with Gasteiger partial charge in [0, 0.05) is 21.0 Å². The third kappa shape index (κ3) is 2.72. The minimum atomic E-state index is -0.847. The summed E-state index contributed by atoms with van der Waals surface area (Å²) in [6.45, 7) is 1.14. The van der Waals surface area contributed by atoms with Crippen LogP contribution in [0.3, 0.4) is 0 Å². The Morgan fingerprint density at radius 1 is 1.62 bits per heavy atom. The lowest BCUT2D eigenvalue weighted by molar-refractivity contribution is 0.0929. The van der Waals surface area contributed by atoms with Crippen molar-refractivity contribution >= 4 is 18.1 Å². The maximum Gasteiger partial charge on any atom is 0.356 e. The number of hydrogen-bond acceptors (Lipinski definition) is 4. The zero-order valence-corrected chi connectivity index (χ0v) is 9.14. The average Bonchev–Trinajstić information content (AvgIpc) is 2.18. The summed E-state index contributed by atoms with van der Waals surface area (Å²) in [6.07, 6.45) is 2.09. The van der Waals surface area contributed by atoms with Crippen molar-refractivity contribution in [2.45, 2.75) is 6.92 Å². The Kier molecular flexibility index (Phi) is 3.49. The van der Waals surface area contributed by atoms with Gasteiger partial charge in [-0.15, -0.1) is 0 Å². The molecule has 86 valence electrons. The van der Waals surface area contributed by atoms with Crippen LogP contribution in [-0.2, 0) is 0 Å². The second-order valence-corrected chi connectivity index (χ2v) is 3.29. The van der Waals surface area contributed by atoms with Gasteiger partial charge in [-0.3, -0.25) is 4.79 Å². The highest BCUT2D eigenvalue weighted by atomic mass is 19.1. The van der Waals surface area contributed by atoms with Gasteiger partial charge >= 0.3 is 5.69 Å². The van der Waals surface area contributed by atoms with Crippen LogP contribution in [-0.4, -0.2) is 40.8 Å². The summed E-state index contributed by atoms with van der Waals surface area (Å²) in [5.74, 6) is -1.76. The van der Waals surface area contributed by atoms with Gasteiger partial charge in [0.1, 0.15) is 0 Å². The first-order valence-corrected chi connectivity index (χ1v) is 4.42. The summed E-state index contributed by atoms with van der Waals surface area (Å²) in [5.41, 5.74) is -0.847. The zero-order chi connectivity index (χ0) is 12.3. The van der Waals surface area contributed by atoms with Gasteiger partial charge in [-0.25, -0.2) is 18.7 Å². The zero-order valence-electron chi connectivity index (χ0n) is 9.14. The van der Waals surface area contributed by atoms with E-state index < -0.39 is 17.4 Å². The molecule has 0 spiro atoms. The number of carbonyl (C=O) groups is 1. The molecule has 0 bridgehead atoms. The van der Waals surface area contributed by atoms with Crippen molar-refractivity contribution in [1.82, 2.24) is 14.5 Å². The van der Waals surface area contributed by atoms with Crippen molar-refractivity contribution in [3.05, 3.63) is 22.5 Å². The highest BCUT2D eigenvalue weighted by Gasteiger charge is 2.09. The first kappa shape index (κ1) is 12.0. The highest BCUT2D eigenvalue weighted by molar-refractivity contribution is 5.75. The Balaban J connectivity index is 3.21. The monoisotopic (exact) mass is 226 g/mol. The predicted octanol–water partition coefficient (Wildman–Crippen LogP) is 0.264. The Hall–Kier alpha value is -2.05. The minimum absolute atomic E-state index is 0.337. The first-order valence-electron chi connectivity index (χ1n) is 4.42. The minimum Gasteiger partial charge on any atom is -0.369 e. The van der Waals surface area contributed by atoms with E-state index in [1.165, 1.54) is 6.34 Å². The molecule has 0 saturated heterocycles. The molecule has 0 atom stereocenters. The van der Waals surface area contributed by atoms with E-state index in [9.17, 15) is 14.0 Å². The van der Waals surface area contributed by atoms with E-state index in [0.717, 1.165) is 13.1 Å². The number of nitrogens with zero attached hydrogens (tertiary/aromatic N) is 4. The largest absolute Gasteiger partial charge is 0.369 e. The van der Waals surface area contributed by atoms with Crippen LogP contribution < -0.4 is 5.69 Å². The number of halogens is 1. The smallest absolute Gasteiger partial charge is 0.356 e. The van der Waals surface area contributed by atoms with Crippen molar-refractivity contribution in [3.8, 4) is 0 Å². The molecule has 1 aromatic rings. The van der Waals surface area contributed by atoms with Gasteiger partial charge in [0.2, 0.25) is 5.91 Å². The van der Waals surface area contributed by atoms with E-state index in [1.54, 1.807) is 19.0 Å². The van der Waals surface area contributed by atoms with E-state index in [-0.39, 0.29) is 5.82 Å². The van der Waals surface area contributed by atoms with Gasteiger partial charge in [-0.05, 0) is 0 Å². The topological polar surface area (TPSA) is 67.6 Å². The van der Waals surface area contributed by atoms with E-state index in [0.29, 0.717) is 4.57 Å². The van der Waals surface area contributed by atoms with Crippen LogP contribution in [0.5, 0.6) is 0 Å². The van der Waals surface area contributed by atoms with Crippen LogP contribution >= 0.6 is 0 Å². The quantitative estimate of drug-likeness (QED) is 0.536. The van der Waals surface area contributed by atoms with Crippen molar-refractivity contribution in [3.63, 3.8) is 0 Å². The standard InChI is InChI=1S/C9H11FN4O2/c1-6(15)14-4-7(10)8(12-9(14)16)11-5-13(2)3/h4-5H,1-3H3. The summed E-state index contributed by atoms with van der Waals surface area (Å²) in [5, 5.41) is 0. The molecule has 0 amide bonds. The van der Waals surface area contributed by atoms with Crippen LogP contribution in [0, 0.1) is 5.82 Å². The van der Waals surface area contributed by atoms with E-state index in [4.69, 9.17) is 0 Å². The lowest BCUT2D eigenvalue weighted by Crippen LogP contribution is -2.27. The second kappa shape index (κ2) is 4.65. The second-order valence-electron chi connectivity index (χ2n) is 3.29. The molecule has 6 nitrogen and oxygen atoms in total. The van der Waals surface area contributed by atoms with E-state index in [1.807, 2.05) is 0 Å². The van der Waals surface area contributed by atoms with Gasteiger partial charge in [-0.1, -0.05) is 0 Å². The number of carbonyl (C=O) groups excluding carboxylic acids is 1. The molecule has 0 unspecified atom stereocenters. The molecule has 0 fully saturated rings. The van der Waals surface area contributed by atoms with Crippen molar-refractivity contribution in [2.75, 3.05) is 14.1 Å². The lowest BCUT2D eigenvalue weighted by atomic mass is 10.5. The summed E-state index contributed by atoms with van der Waals surface area (Å²) >= 11 is 0. The fraction of sp³-hybridized carbons (Fsp3) is 0.333. The summed E-state index contributed by atoms with van der Waals surface area (Å²) in [4.78, 5) is 30.7. The SMILES string of the molecule is CC(=O)n1cc(F)c(N=CN(C)C)nc1=O. The fourth-order valence-corrected chi connectivity index (χ4v) is 0.910. The number of aliphatic imine (C=N–C) groups is 1. The molecule has 1 aromatic heterocycles. The molecule has 0 N–H and O–H groups in total. The molecule has 1 rings (SSSR count). The van der Waals surface area contributed by atoms with E-state index >= 15 is 0 Å². The van der Waals surface area contributed by atoms with Crippen LogP contribution in [0.2, 0.25) is 0 Å². The predicted molar refractivity (Wildman–Crippen MR) is 56.6 cm³/mol. The maximum atomic E-state index is 13.3. The molecule has 7 heteroatoms. The van der Waals surface area contributed by atoms with Crippen molar-refractivity contribution in [1.29, 1.82) is 0 Å². The van der Waals surface area contributed by atoms with Crippen LogP contribution in [0.15, 0.2) is 16.0 Å². The van der Waals surface area contributed by atoms with Crippen LogP contribution in [0.4, 0.5) is 10.2 Å². The molecule has 0 saturated carbocycles. The summed E-state index contributed by atoms with van der Waals surface area (Å²) in [6, 6.07) is 0. The molecule has 0 aromatic carbocycles. The van der Waals surface area contributed by atoms with E-state index in [2.05, 4.69) is 9.98 Å². The Bertz CT molecular complexity index is 493. The van der Waals surface area contributed by atoms with Crippen LogP contribution in [0.1, 0.15) is 11.7 Å². The molecule has 0 radical (unpaired) electrons. The lowest BCUT2D eigenvalue weighted by Gasteiger charge is -2.03. The van der Waals surface area contributed by atoms with Gasteiger partial charge in [0.25, 0.3) is 0 Å². The molecule has 16 heavy (non-hydrogen) atoms. The Morgan fingerprint density at radius 2 is 2.25 bits per heavy atom. The summed E-state index contributed by atoms with van der Waals surface area (Å²) < 4.78 is 13.9. The molecule has 0 aliphatic heterocycles. The number of hydrogen-bond donors (Lipinski definition) is 0. The van der Waals surface area contributed by atoms with Gasteiger partial charge in [0.15, 0.2) is 11.6 Å². The van der Waals surface area contributed by atoms with Gasteiger partial charge in [-0.2, -0.15) is 4.98 Å². The fourth-order valence-electron chi connectivity index (χ4n) is 0.910. The number of aromatic nitrogens is 2. The van der Waals surface area contributed by atoms with Crippen LogP contribution in [0.25, 0.3) is 0 Å². The normalized spacial score (nSPS) is 10.8. The third-order valence-electron chi connectivity index (χ3n) is 1.61. The summed E-state index contributed by atoms with van der Waals surface area (Å²) in [7, 11) is 3.39. The average molecular weight is 226 g/mol. The molecular formula is C9H11FN4O2. The molecular weight excluding hydrogens is 215 g/mol. The highest BCUT2D eigenvalue weighted by Crippen LogP contribution is 2.09. The van der Waals surface area contributed by atoms with Gasteiger partial charge in [0.05, 0.1) is 12.5 Å². The number of rotatable bonds is 2. The molecule has 0 aliphatic rings. The Morgan fingerprint density at radius 3 is 2.75 bits per heavy atom. The molecule has 1 heterocycles. The van der Waals surface area contributed by atoms with Crippen molar-refractivity contribution < 1.29 is 9.18 Å². The van der Waals surface area contributed by atoms with Gasteiger partial charge < -0.3 is 4.90 Å². The molecule has 0 aliphatic carbocycles.